The lowest BCUT2D eigenvalue weighted by molar-refractivity contribution is -0.118. The van der Waals surface area contributed by atoms with Gasteiger partial charge in [-0.15, -0.1) is 0 Å². The van der Waals surface area contributed by atoms with Gasteiger partial charge in [0.25, 0.3) is 5.91 Å². The van der Waals surface area contributed by atoms with Gasteiger partial charge in [-0.05, 0) is 36.2 Å². The van der Waals surface area contributed by atoms with Crippen molar-refractivity contribution in [1.82, 2.24) is 0 Å². The molecule has 1 amide bonds. The SMILES string of the molecule is CCc1ccccc1OCC(=O)Nc1ccc(C#N)c(Cl)c1. The van der Waals surface area contributed by atoms with Gasteiger partial charge < -0.3 is 10.1 Å². The van der Waals surface area contributed by atoms with Crippen LogP contribution in [0.3, 0.4) is 0 Å². The number of hydrogen-bond donors (Lipinski definition) is 1. The second kappa shape index (κ2) is 7.48. The molecule has 0 fully saturated rings. The summed E-state index contributed by atoms with van der Waals surface area (Å²) in [6.45, 7) is 1.94. The van der Waals surface area contributed by atoms with Crippen molar-refractivity contribution in [3.63, 3.8) is 0 Å². The Bertz CT molecular complexity index is 723. The number of rotatable bonds is 5. The van der Waals surface area contributed by atoms with Gasteiger partial charge in [-0.3, -0.25) is 4.79 Å². The third-order valence-corrected chi connectivity index (χ3v) is 3.40. The zero-order valence-corrected chi connectivity index (χ0v) is 12.9. The molecule has 0 aliphatic carbocycles. The van der Waals surface area contributed by atoms with Crippen molar-refractivity contribution in [2.45, 2.75) is 13.3 Å². The third-order valence-electron chi connectivity index (χ3n) is 3.09. The fraction of sp³-hybridized carbons (Fsp3) is 0.176. The summed E-state index contributed by atoms with van der Waals surface area (Å²) in [7, 11) is 0. The number of benzene rings is 2. The first-order chi connectivity index (χ1) is 10.6. The lowest BCUT2D eigenvalue weighted by Crippen LogP contribution is -2.20. The first-order valence-electron chi connectivity index (χ1n) is 6.84. The van der Waals surface area contributed by atoms with Crippen molar-refractivity contribution in [2.75, 3.05) is 11.9 Å². The van der Waals surface area contributed by atoms with Crippen LogP contribution in [0.4, 0.5) is 5.69 Å². The fourth-order valence-corrected chi connectivity index (χ4v) is 2.18. The molecule has 5 heteroatoms. The van der Waals surface area contributed by atoms with Gasteiger partial charge in [-0.1, -0.05) is 36.7 Å². The van der Waals surface area contributed by atoms with Crippen LogP contribution < -0.4 is 10.1 Å². The molecule has 0 aliphatic heterocycles. The molecule has 0 unspecified atom stereocenters. The summed E-state index contributed by atoms with van der Waals surface area (Å²) < 4.78 is 5.54. The number of anilines is 1. The highest BCUT2D eigenvalue weighted by atomic mass is 35.5. The highest BCUT2D eigenvalue weighted by molar-refractivity contribution is 6.32. The highest BCUT2D eigenvalue weighted by Gasteiger charge is 2.07. The normalized spacial score (nSPS) is 9.86. The molecule has 4 nitrogen and oxygen atoms in total. The summed E-state index contributed by atoms with van der Waals surface area (Å²) in [5, 5.41) is 11.8. The Morgan fingerprint density at radius 1 is 1.32 bits per heavy atom. The van der Waals surface area contributed by atoms with Gasteiger partial charge in [0.1, 0.15) is 11.8 Å². The lowest BCUT2D eigenvalue weighted by Gasteiger charge is -2.10. The highest BCUT2D eigenvalue weighted by Crippen LogP contribution is 2.21. The standard InChI is InChI=1S/C17H15ClN2O2/c1-2-12-5-3-4-6-16(12)22-11-17(21)20-14-8-7-13(10-19)15(18)9-14/h3-9H,2,11H2,1H3,(H,20,21). The number of amides is 1. The summed E-state index contributed by atoms with van der Waals surface area (Å²) >= 11 is 5.92. The van der Waals surface area contributed by atoms with E-state index in [2.05, 4.69) is 5.32 Å². The molecule has 2 rings (SSSR count). The van der Waals surface area contributed by atoms with Crippen LogP contribution in [0.1, 0.15) is 18.1 Å². The van der Waals surface area contributed by atoms with E-state index in [9.17, 15) is 4.79 Å². The second-order valence-electron chi connectivity index (χ2n) is 4.60. The van der Waals surface area contributed by atoms with E-state index in [-0.39, 0.29) is 12.5 Å². The zero-order valence-electron chi connectivity index (χ0n) is 12.1. The largest absolute Gasteiger partial charge is 0.483 e. The van der Waals surface area contributed by atoms with E-state index in [0.717, 1.165) is 12.0 Å². The second-order valence-corrected chi connectivity index (χ2v) is 5.01. The summed E-state index contributed by atoms with van der Waals surface area (Å²) in [5.41, 5.74) is 1.95. The van der Waals surface area contributed by atoms with Crippen molar-refractivity contribution in [3.05, 3.63) is 58.6 Å². The molecular formula is C17H15ClN2O2. The monoisotopic (exact) mass is 314 g/mol. The quantitative estimate of drug-likeness (QED) is 0.913. The maximum absolute atomic E-state index is 11.9. The van der Waals surface area contributed by atoms with Crippen molar-refractivity contribution in [2.24, 2.45) is 0 Å². The summed E-state index contributed by atoms with van der Waals surface area (Å²) in [5.74, 6) is 0.421. The fourth-order valence-electron chi connectivity index (χ4n) is 1.96. The Kier molecular flexibility index (Phi) is 5.40. The Labute approximate surface area is 134 Å². The van der Waals surface area contributed by atoms with E-state index < -0.39 is 0 Å². The van der Waals surface area contributed by atoms with E-state index in [0.29, 0.717) is 22.0 Å². The van der Waals surface area contributed by atoms with Crippen molar-refractivity contribution in [3.8, 4) is 11.8 Å². The smallest absolute Gasteiger partial charge is 0.262 e. The minimum atomic E-state index is -0.285. The average molecular weight is 315 g/mol. The van der Waals surface area contributed by atoms with E-state index in [1.165, 1.54) is 6.07 Å². The van der Waals surface area contributed by atoms with Crippen LogP contribution in [0.2, 0.25) is 5.02 Å². The van der Waals surface area contributed by atoms with E-state index in [1.807, 2.05) is 37.3 Å². The molecule has 0 spiro atoms. The molecule has 0 aliphatic rings. The lowest BCUT2D eigenvalue weighted by atomic mass is 10.1. The van der Waals surface area contributed by atoms with Gasteiger partial charge >= 0.3 is 0 Å². The van der Waals surface area contributed by atoms with Gasteiger partial charge in [-0.25, -0.2) is 0 Å². The average Bonchev–Trinajstić information content (AvgIpc) is 2.53. The van der Waals surface area contributed by atoms with Crippen LogP contribution in [0.5, 0.6) is 5.75 Å². The molecule has 112 valence electrons. The van der Waals surface area contributed by atoms with Crippen molar-refractivity contribution >= 4 is 23.2 Å². The number of aryl methyl sites for hydroxylation is 1. The Morgan fingerprint density at radius 3 is 2.77 bits per heavy atom. The van der Waals surface area contributed by atoms with Crippen molar-refractivity contribution in [1.29, 1.82) is 5.26 Å². The molecule has 2 aromatic carbocycles. The van der Waals surface area contributed by atoms with Crippen LogP contribution in [0.25, 0.3) is 0 Å². The third kappa shape index (κ3) is 4.00. The minimum absolute atomic E-state index is 0.0887. The number of para-hydroxylation sites is 1. The number of nitrogens with one attached hydrogen (secondary N) is 1. The summed E-state index contributed by atoms with van der Waals surface area (Å²) in [6, 6.07) is 14.3. The number of nitriles is 1. The molecule has 22 heavy (non-hydrogen) atoms. The van der Waals surface area contributed by atoms with Crippen molar-refractivity contribution < 1.29 is 9.53 Å². The predicted molar refractivity (Wildman–Crippen MR) is 86.1 cm³/mol. The molecule has 0 radical (unpaired) electrons. The first kappa shape index (κ1) is 15.9. The molecular weight excluding hydrogens is 300 g/mol. The molecule has 0 saturated heterocycles. The van der Waals surface area contributed by atoms with Crippen LogP contribution in [0, 0.1) is 11.3 Å². The number of carbonyl (C=O) groups excluding carboxylic acids is 1. The first-order valence-corrected chi connectivity index (χ1v) is 7.22. The van der Waals surface area contributed by atoms with Gasteiger partial charge in [0.15, 0.2) is 6.61 Å². The molecule has 1 N–H and O–H groups in total. The van der Waals surface area contributed by atoms with Crippen LogP contribution in [-0.4, -0.2) is 12.5 Å². The summed E-state index contributed by atoms with van der Waals surface area (Å²) in [4.78, 5) is 11.9. The molecule has 0 heterocycles. The van der Waals surface area contributed by atoms with Gasteiger partial charge in [0, 0.05) is 5.69 Å². The van der Waals surface area contributed by atoms with Gasteiger partial charge in [0.05, 0.1) is 10.6 Å². The predicted octanol–water partition coefficient (Wildman–Crippen LogP) is 3.79. The molecule has 0 bridgehead atoms. The van der Waals surface area contributed by atoms with Gasteiger partial charge in [-0.2, -0.15) is 5.26 Å². The summed E-state index contributed by atoms with van der Waals surface area (Å²) in [6.07, 6.45) is 0.836. The maximum atomic E-state index is 11.9. The van der Waals surface area contributed by atoms with E-state index in [1.54, 1.807) is 12.1 Å². The molecule has 0 atom stereocenters. The number of halogens is 1. The van der Waals surface area contributed by atoms with E-state index in [4.69, 9.17) is 21.6 Å². The van der Waals surface area contributed by atoms with Crippen LogP contribution in [-0.2, 0) is 11.2 Å². The Hall–Kier alpha value is -2.51. The topological polar surface area (TPSA) is 62.1 Å². The Balaban J connectivity index is 1.96. The van der Waals surface area contributed by atoms with Crippen LogP contribution >= 0.6 is 11.6 Å². The minimum Gasteiger partial charge on any atom is -0.483 e. The molecule has 0 aromatic heterocycles. The van der Waals surface area contributed by atoms with E-state index >= 15 is 0 Å². The number of hydrogen-bond acceptors (Lipinski definition) is 3. The van der Waals surface area contributed by atoms with Gasteiger partial charge in [0.2, 0.25) is 0 Å². The Morgan fingerprint density at radius 2 is 2.09 bits per heavy atom. The number of nitrogens with zero attached hydrogens (tertiary/aromatic N) is 1. The maximum Gasteiger partial charge on any atom is 0.262 e. The molecule has 0 saturated carbocycles. The number of ether oxygens (including phenoxy) is 1. The molecule has 2 aromatic rings. The van der Waals surface area contributed by atoms with Crippen LogP contribution in [0.15, 0.2) is 42.5 Å². The zero-order chi connectivity index (χ0) is 15.9. The number of carbonyl (C=O) groups is 1.